The van der Waals surface area contributed by atoms with Gasteiger partial charge in [0.1, 0.15) is 11.2 Å². The number of amides is 1. The molecule has 3 heterocycles. The van der Waals surface area contributed by atoms with Crippen LogP contribution in [0.25, 0.3) is 11.4 Å². The van der Waals surface area contributed by atoms with Gasteiger partial charge in [-0.05, 0) is 31.0 Å². The van der Waals surface area contributed by atoms with Crippen LogP contribution >= 0.6 is 23.5 Å². The molecule has 2 fully saturated rings. The number of benzene rings is 1. The minimum Gasteiger partial charge on any atom is -0.325 e. The number of rotatable bonds is 6. The number of hydrogen-bond donors (Lipinski definition) is 0. The molecule has 1 saturated heterocycles. The molecule has 5 rings (SSSR count). The van der Waals surface area contributed by atoms with E-state index in [-0.39, 0.29) is 22.9 Å². The van der Waals surface area contributed by atoms with Crippen LogP contribution in [0.4, 0.5) is 4.39 Å². The molecule has 1 aromatic carbocycles. The summed E-state index contributed by atoms with van der Waals surface area (Å²) in [7, 11) is 0. The van der Waals surface area contributed by atoms with Crippen LogP contribution in [0, 0.1) is 5.82 Å². The van der Waals surface area contributed by atoms with Crippen LogP contribution in [-0.4, -0.2) is 48.6 Å². The highest BCUT2D eigenvalue weighted by Gasteiger charge is 2.34. The number of carbonyl (C=O) groups is 1. The Morgan fingerprint density at radius 2 is 2.07 bits per heavy atom. The normalized spacial score (nSPS) is 18.7. The minimum absolute atomic E-state index is 0.00784. The fourth-order valence-electron chi connectivity index (χ4n) is 3.60. The Kier molecular flexibility index (Phi) is 5.47. The third kappa shape index (κ3) is 3.83. The lowest BCUT2D eigenvalue weighted by Crippen LogP contribution is -2.32. The molecule has 1 saturated carbocycles. The lowest BCUT2D eigenvalue weighted by molar-refractivity contribution is -0.128. The molecule has 0 bridgehead atoms. The van der Waals surface area contributed by atoms with E-state index in [1.165, 1.54) is 17.8 Å². The summed E-state index contributed by atoms with van der Waals surface area (Å²) < 4.78 is 16.4. The van der Waals surface area contributed by atoms with Crippen molar-refractivity contribution in [1.82, 2.24) is 24.6 Å². The van der Waals surface area contributed by atoms with Crippen LogP contribution in [0.3, 0.4) is 0 Å². The Bertz CT molecular complexity index is 1060. The maximum atomic E-state index is 14.3. The maximum absolute atomic E-state index is 14.3. The second kappa shape index (κ2) is 8.39. The van der Waals surface area contributed by atoms with Crippen molar-refractivity contribution in [1.29, 1.82) is 0 Å². The molecule has 6 nitrogen and oxygen atoms in total. The Hall–Kier alpha value is -2.39. The lowest BCUT2D eigenvalue weighted by Gasteiger charge is -2.24. The van der Waals surface area contributed by atoms with Gasteiger partial charge in [-0.1, -0.05) is 30.0 Å². The zero-order valence-corrected chi connectivity index (χ0v) is 17.8. The smallest absolute Gasteiger partial charge is 0.234 e. The van der Waals surface area contributed by atoms with E-state index in [0.29, 0.717) is 18.2 Å². The van der Waals surface area contributed by atoms with Crippen molar-refractivity contribution in [2.75, 3.05) is 18.1 Å². The zero-order chi connectivity index (χ0) is 20.5. The fraction of sp³-hybridized carbons (Fsp3) is 0.333. The molecule has 0 N–H and O–H groups in total. The van der Waals surface area contributed by atoms with Gasteiger partial charge in [0, 0.05) is 41.9 Å². The molecule has 0 radical (unpaired) electrons. The largest absolute Gasteiger partial charge is 0.325 e. The van der Waals surface area contributed by atoms with Crippen LogP contribution in [0.5, 0.6) is 0 Å². The van der Waals surface area contributed by atoms with Crippen molar-refractivity contribution in [3.05, 3.63) is 60.2 Å². The topological polar surface area (TPSA) is 63.9 Å². The quantitative estimate of drug-likeness (QED) is 0.535. The van der Waals surface area contributed by atoms with Crippen molar-refractivity contribution in [3.8, 4) is 11.4 Å². The van der Waals surface area contributed by atoms with Crippen molar-refractivity contribution in [2.24, 2.45) is 0 Å². The van der Waals surface area contributed by atoms with Gasteiger partial charge in [-0.25, -0.2) is 4.39 Å². The first-order valence-corrected chi connectivity index (χ1v) is 11.9. The minimum atomic E-state index is -0.272. The number of pyridine rings is 1. The molecule has 30 heavy (non-hydrogen) atoms. The molecular formula is C21H20FN5OS2. The van der Waals surface area contributed by atoms with Crippen LogP contribution in [0.2, 0.25) is 0 Å². The first kappa shape index (κ1) is 19.6. The van der Waals surface area contributed by atoms with Gasteiger partial charge in [-0.2, -0.15) is 0 Å². The molecular weight excluding hydrogens is 421 g/mol. The van der Waals surface area contributed by atoms with Gasteiger partial charge in [0.25, 0.3) is 0 Å². The molecule has 1 atom stereocenters. The number of aromatic nitrogens is 4. The molecule has 1 aliphatic heterocycles. The summed E-state index contributed by atoms with van der Waals surface area (Å²) in [6, 6.07) is 10.9. The standard InChI is InChI=1S/C21H20FN5OS2/c22-17-6-2-1-5-16(17)20-26(10-11-29-20)18(28)13-30-21-25-24-19(27(21)15-7-8-15)14-4-3-9-23-12-14/h1-6,9,12,15,20H,7-8,10-11,13H2/t20-/m0/s1. The highest BCUT2D eigenvalue weighted by molar-refractivity contribution is 8.00. The van der Waals surface area contributed by atoms with E-state index in [4.69, 9.17) is 0 Å². The first-order chi connectivity index (χ1) is 14.7. The Labute approximate surface area is 182 Å². The SMILES string of the molecule is O=C(CSc1nnc(-c2cccnc2)n1C1CC1)N1CCS[C@H]1c1ccccc1F. The average Bonchev–Trinajstić information content (AvgIpc) is 3.33. The summed E-state index contributed by atoms with van der Waals surface area (Å²) in [5.74, 6) is 1.58. The zero-order valence-electron chi connectivity index (χ0n) is 16.1. The second-order valence-electron chi connectivity index (χ2n) is 7.27. The Morgan fingerprint density at radius 3 is 2.83 bits per heavy atom. The van der Waals surface area contributed by atoms with E-state index in [9.17, 15) is 9.18 Å². The van der Waals surface area contributed by atoms with Gasteiger partial charge in [0.05, 0.1) is 5.75 Å². The summed E-state index contributed by atoms with van der Waals surface area (Å²) in [5.41, 5.74) is 1.49. The monoisotopic (exact) mass is 441 g/mol. The molecule has 3 aromatic rings. The van der Waals surface area contributed by atoms with Crippen molar-refractivity contribution in [3.63, 3.8) is 0 Å². The van der Waals surface area contributed by atoms with Crippen LogP contribution < -0.4 is 0 Å². The predicted octanol–water partition coefficient (Wildman–Crippen LogP) is 4.18. The molecule has 0 spiro atoms. The molecule has 1 amide bonds. The maximum Gasteiger partial charge on any atom is 0.234 e. The average molecular weight is 442 g/mol. The van der Waals surface area contributed by atoms with Gasteiger partial charge in [-0.15, -0.1) is 22.0 Å². The molecule has 154 valence electrons. The van der Waals surface area contributed by atoms with Crippen LogP contribution in [-0.2, 0) is 4.79 Å². The van der Waals surface area contributed by atoms with Crippen molar-refractivity contribution < 1.29 is 9.18 Å². The Morgan fingerprint density at radius 1 is 1.20 bits per heavy atom. The van der Waals surface area contributed by atoms with E-state index in [1.807, 2.05) is 18.2 Å². The third-order valence-corrected chi connectivity index (χ3v) is 7.37. The predicted molar refractivity (Wildman–Crippen MR) is 116 cm³/mol. The van der Waals surface area contributed by atoms with E-state index in [0.717, 1.165) is 35.1 Å². The molecule has 1 aliphatic carbocycles. The highest BCUT2D eigenvalue weighted by atomic mass is 32.2. The molecule has 9 heteroatoms. The van der Waals surface area contributed by atoms with Crippen molar-refractivity contribution >= 4 is 29.4 Å². The second-order valence-corrected chi connectivity index (χ2v) is 9.40. The summed E-state index contributed by atoms with van der Waals surface area (Å²) in [4.78, 5) is 18.9. The summed E-state index contributed by atoms with van der Waals surface area (Å²) in [6.07, 6.45) is 5.69. The lowest BCUT2D eigenvalue weighted by atomic mass is 10.2. The fourth-order valence-corrected chi connectivity index (χ4v) is 5.79. The number of thioether (sulfide) groups is 2. The van der Waals surface area contributed by atoms with E-state index in [1.54, 1.807) is 41.2 Å². The molecule has 0 unspecified atom stereocenters. The highest BCUT2D eigenvalue weighted by Crippen LogP contribution is 2.42. The van der Waals surface area contributed by atoms with Crippen molar-refractivity contribution in [2.45, 2.75) is 29.4 Å². The summed E-state index contributed by atoms with van der Waals surface area (Å²) in [6.45, 7) is 0.624. The summed E-state index contributed by atoms with van der Waals surface area (Å²) >= 11 is 3.00. The van der Waals surface area contributed by atoms with Crippen LogP contribution in [0.1, 0.15) is 29.8 Å². The van der Waals surface area contributed by atoms with Gasteiger partial charge in [-0.3, -0.25) is 14.3 Å². The van der Waals surface area contributed by atoms with E-state index < -0.39 is 0 Å². The third-order valence-electron chi connectivity index (χ3n) is 5.20. The number of carbonyl (C=O) groups excluding carboxylic acids is 1. The molecule has 2 aliphatic rings. The van der Waals surface area contributed by atoms with Gasteiger partial charge >= 0.3 is 0 Å². The van der Waals surface area contributed by atoms with E-state index >= 15 is 0 Å². The first-order valence-electron chi connectivity index (χ1n) is 9.86. The van der Waals surface area contributed by atoms with Gasteiger partial charge in [0.2, 0.25) is 5.91 Å². The summed E-state index contributed by atoms with van der Waals surface area (Å²) in [5, 5.41) is 9.20. The number of halogens is 1. The molecule has 2 aromatic heterocycles. The van der Waals surface area contributed by atoms with Gasteiger partial charge < -0.3 is 4.90 Å². The van der Waals surface area contributed by atoms with Crippen LogP contribution in [0.15, 0.2) is 53.9 Å². The Balaban J connectivity index is 1.32. The van der Waals surface area contributed by atoms with E-state index in [2.05, 4.69) is 19.7 Å². The number of nitrogens with zero attached hydrogens (tertiary/aromatic N) is 5. The van der Waals surface area contributed by atoms with Gasteiger partial charge in [0.15, 0.2) is 11.0 Å². The number of hydrogen-bond acceptors (Lipinski definition) is 6.